The molecule has 0 fully saturated rings. The molecule has 0 bridgehead atoms. The van der Waals surface area contributed by atoms with Gasteiger partial charge in [-0.3, -0.25) is 0 Å². The smallest absolute Gasteiger partial charge is 0.224 e. The first-order chi connectivity index (χ1) is 10.1. The molecule has 0 saturated heterocycles. The summed E-state index contributed by atoms with van der Waals surface area (Å²) in [7, 11) is 0. The zero-order chi connectivity index (χ0) is 15.2. The summed E-state index contributed by atoms with van der Waals surface area (Å²) >= 11 is 0. The minimum atomic E-state index is -0.227. The Hall–Kier alpha value is -2.17. The van der Waals surface area contributed by atoms with Gasteiger partial charge >= 0.3 is 0 Å². The summed E-state index contributed by atoms with van der Waals surface area (Å²) in [4.78, 5) is 8.74. The van der Waals surface area contributed by atoms with E-state index in [0.29, 0.717) is 5.95 Å². The van der Waals surface area contributed by atoms with Gasteiger partial charge in [0.1, 0.15) is 11.6 Å². The molecule has 2 aromatic rings. The monoisotopic (exact) mass is 288 g/mol. The van der Waals surface area contributed by atoms with Crippen molar-refractivity contribution in [1.29, 1.82) is 0 Å². The first-order valence-electron chi connectivity index (χ1n) is 7.19. The fourth-order valence-corrected chi connectivity index (χ4v) is 1.95. The molecular formula is C16H21FN4. The van der Waals surface area contributed by atoms with Gasteiger partial charge in [0, 0.05) is 24.3 Å². The predicted octanol–water partition coefficient (Wildman–Crippen LogP) is 3.92. The summed E-state index contributed by atoms with van der Waals surface area (Å²) in [6.45, 7) is 6.92. The second-order valence-electron chi connectivity index (χ2n) is 5.07. The lowest BCUT2D eigenvalue weighted by atomic mass is 10.1. The number of hydrogen-bond acceptors (Lipinski definition) is 4. The number of benzene rings is 1. The molecule has 1 unspecified atom stereocenters. The van der Waals surface area contributed by atoms with E-state index in [2.05, 4.69) is 27.5 Å². The van der Waals surface area contributed by atoms with Crippen LogP contribution in [0.3, 0.4) is 0 Å². The van der Waals surface area contributed by atoms with E-state index in [1.54, 1.807) is 18.3 Å². The molecule has 0 spiro atoms. The van der Waals surface area contributed by atoms with Gasteiger partial charge in [-0.2, -0.15) is 4.98 Å². The van der Waals surface area contributed by atoms with Crippen molar-refractivity contribution in [3.8, 4) is 0 Å². The van der Waals surface area contributed by atoms with E-state index >= 15 is 0 Å². The molecule has 5 heteroatoms. The average Bonchev–Trinajstić information content (AvgIpc) is 2.48. The van der Waals surface area contributed by atoms with Crippen LogP contribution in [-0.4, -0.2) is 16.5 Å². The van der Waals surface area contributed by atoms with E-state index in [9.17, 15) is 4.39 Å². The Balaban J connectivity index is 2.12. The number of rotatable bonds is 6. The predicted molar refractivity (Wildman–Crippen MR) is 84.0 cm³/mol. The molecule has 0 aliphatic carbocycles. The van der Waals surface area contributed by atoms with Crippen LogP contribution in [-0.2, 0) is 0 Å². The Morgan fingerprint density at radius 1 is 1.24 bits per heavy atom. The van der Waals surface area contributed by atoms with Gasteiger partial charge < -0.3 is 10.6 Å². The molecule has 1 aromatic carbocycles. The van der Waals surface area contributed by atoms with Crippen molar-refractivity contribution in [3.63, 3.8) is 0 Å². The van der Waals surface area contributed by atoms with Crippen molar-refractivity contribution in [1.82, 2.24) is 9.97 Å². The molecule has 0 amide bonds. The zero-order valence-electron chi connectivity index (χ0n) is 12.7. The lowest BCUT2D eigenvalue weighted by Crippen LogP contribution is -2.12. The van der Waals surface area contributed by atoms with Crippen molar-refractivity contribution in [2.45, 2.75) is 33.2 Å². The van der Waals surface area contributed by atoms with Crippen LogP contribution in [0.25, 0.3) is 0 Å². The van der Waals surface area contributed by atoms with Crippen LogP contribution in [0, 0.1) is 12.7 Å². The summed E-state index contributed by atoms with van der Waals surface area (Å²) < 4.78 is 13.0. The van der Waals surface area contributed by atoms with Gasteiger partial charge in [-0.15, -0.1) is 0 Å². The molecule has 21 heavy (non-hydrogen) atoms. The van der Waals surface area contributed by atoms with E-state index < -0.39 is 0 Å². The molecule has 112 valence electrons. The lowest BCUT2D eigenvalue weighted by molar-refractivity contribution is 0.626. The standard InChI is InChI=1S/C16H21FN4/c1-4-9-18-16-19-10-11(2)15(21-16)20-12(3)13-5-7-14(17)8-6-13/h5-8,10,12H,4,9H2,1-3H3,(H2,18,19,20,21). The second kappa shape index (κ2) is 7.02. The van der Waals surface area contributed by atoms with Crippen molar-refractivity contribution in [2.75, 3.05) is 17.2 Å². The van der Waals surface area contributed by atoms with Crippen molar-refractivity contribution in [3.05, 3.63) is 47.4 Å². The zero-order valence-corrected chi connectivity index (χ0v) is 12.7. The SMILES string of the molecule is CCCNc1ncc(C)c(NC(C)c2ccc(F)cc2)n1. The molecule has 1 atom stereocenters. The third kappa shape index (κ3) is 4.15. The molecule has 1 heterocycles. The molecule has 0 saturated carbocycles. The number of anilines is 2. The number of hydrogen-bond donors (Lipinski definition) is 2. The summed E-state index contributed by atoms with van der Waals surface area (Å²) in [5, 5.41) is 6.52. The molecule has 0 radical (unpaired) electrons. The molecule has 1 aromatic heterocycles. The van der Waals surface area contributed by atoms with E-state index in [-0.39, 0.29) is 11.9 Å². The summed E-state index contributed by atoms with van der Waals surface area (Å²) in [5.74, 6) is 1.19. The highest BCUT2D eigenvalue weighted by molar-refractivity contribution is 5.48. The molecule has 0 aliphatic rings. The quantitative estimate of drug-likeness (QED) is 0.846. The van der Waals surface area contributed by atoms with Gasteiger partial charge in [-0.05, 0) is 38.0 Å². The summed E-state index contributed by atoms with van der Waals surface area (Å²) in [6.07, 6.45) is 2.82. The van der Waals surface area contributed by atoms with Gasteiger partial charge in [0.15, 0.2) is 0 Å². The van der Waals surface area contributed by atoms with E-state index in [4.69, 9.17) is 0 Å². The Bertz CT molecular complexity index is 583. The maximum absolute atomic E-state index is 13.0. The van der Waals surface area contributed by atoms with E-state index in [1.165, 1.54) is 12.1 Å². The topological polar surface area (TPSA) is 49.8 Å². The second-order valence-corrected chi connectivity index (χ2v) is 5.07. The highest BCUT2D eigenvalue weighted by atomic mass is 19.1. The van der Waals surface area contributed by atoms with E-state index in [1.807, 2.05) is 13.8 Å². The summed E-state index contributed by atoms with van der Waals surface area (Å²) in [6, 6.07) is 6.53. The number of halogens is 1. The average molecular weight is 288 g/mol. The Morgan fingerprint density at radius 2 is 1.95 bits per heavy atom. The fourth-order valence-electron chi connectivity index (χ4n) is 1.95. The molecule has 0 aliphatic heterocycles. The number of aromatic nitrogens is 2. The Kier molecular flexibility index (Phi) is 5.09. The van der Waals surface area contributed by atoms with Crippen molar-refractivity contribution < 1.29 is 4.39 Å². The number of aryl methyl sites for hydroxylation is 1. The van der Waals surface area contributed by atoms with Crippen LogP contribution < -0.4 is 10.6 Å². The largest absolute Gasteiger partial charge is 0.363 e. The maximum Gasteiger partial charge on any atom is 0.224 e. The number of nitrogens with zero attached hydrogens (tertiary/aromatic N) is 2. The molecule has 4 nitrogen and oxygen atoms in total. The van der Waals surface area contributed by atoms with Gasteiger partial charge in [-0.1, -0.05) is 19.1 Å². The Labute approximate surface area is 124 Å². The number of nitrogens with one attached hydrogen (secondary N) is 2. The highest BCUT2D eigenvalue weighted by Gasteiger charge is 2.09. The Morgan fingerprint density at radius 3 is 2.62 bits per heavy atom. The molecule has 2 rings (SSSR count). The third-order valence-electron chi connectivity index (χ3n) is 3.23. The van der Waals surface area contributed by atoms with Crippen LogP contribution in [0.15, 0.2) is 30.5 Å². The fraction of sp³-hybridized carbons (Fsp3) is 0.375. The maximum atomic E-state index is 13.0. The lowest BCUT2D eigenvalue weighted by Gasteiger charge is -2.17. The van der Waals surface area contributed by atoms with Gasteiger partial charge in [-0.25, -0.2) is 9.37 Å². The molecule has 2 N–H and O–H groups in total. The highest BCUT2D eigenvalue weighted by Crippen LogP contribution is 2.21. The van der Waals surface area contributed by atoms with Crippen LogP contribution in [0.4, 0.5) is 16.2 Å². The van der Waals surface area contributed by atoms with Crippen LogP contribution in [0.1, 0.15) is 37.4 Å². The first-order valence-corrected chi connectivity index (χ1v) is 7.19. The van der Waals surface area contributed by atoms with Crippen LogP contribution in [0.2, 0.25) is 0 Å². The van der Waals surface area contributed by atoms with Crippen molar-refractivity contribution in [2.24, 2.45) is 0 Å². The minimum absolute atomic E-state index is 0.0400. The molecular weight excluding hydrogens is 267 g/mol. The van der Waals surface area contributed by atoms with Gasteiger partial charge in [0.2, 0.25) is 5.95 Å². The minimum Gasteiger partial charge on any atom is -0.363 e. The third-order valence-corrected chi connectivity index (χ3v) is 3.23. The normalized spacial score (nSPS) is 12.0. The van der Waals surface area contributed by atoms with Crippen LogP contribution >= 0.6 is 0 Å². The van der Waals surface area contributed by atoms with Gasteiger partial charge in [0.05, 0.1) is 0 Å². The van der Waals surface area contributed by atoms with E-state index in [0.717, 1.165) is 29.9 Å². The van der Waals surface area contributed by atoms with Crippen LogP contribution in [0.5, 0.6) is 0 Å². The van der Waals surface area contributed by atoms with Crippen molar-refractivity contribution >= 4 is 11.8 Å². The van der Waals surface area contributed by atoms with Gasteiger partial charge in [0.25, 0.3) is 0 Å². The first kappa shape index (κ1) is 15.2. The summed E-state index contributed by atoms with van der Waals surface area (Å²) in [5.41, 5.74) is 1.99.